The molecule has 19 heavy (non-hydrogen) atoms. The fourth-order valence-electron chi connectivity index (χ4n) is 2.07. The third kappa shape index (κ3) is 2.42. The summed E-state index contributed by atoms with van der Waals surface area (Å²) in [5, 5.41) is 0. The van der Waals surface area contributed by atoms with Crippen molar-refractivity contribution in [2.24, 2.45) is 0 Å². The number of methoxy groups -OCH3 is 1. The van der Waals surface area contributed by atoms with Crippen LogP contribution < -0.4 is 4.31 Å². The minimum Gasteiger partial charge on any atom is -0.465 e. The monoisotopic (exact) mass is 284 g/mol. The molecular formula is C12H16N2O4S. The highest BCUT2D eigenvalue weighted by Crippen LogP contribution is 2.25. The van der Waals surface area contributed by atoms with Gasteiger partial charge >= 0.3 is 5.97 Å². The molecule has 0 aliphatic carbocycles. The van der Waals surface area contributed by atoms with Gasteiger partial charge in [0.25, 0.3) is 0 Å². The van der Waals surface area contributed by atoms with Crippen LogP contribution >= 0.6 is 0 Å². The fourth-order valence-corrected chi connectivity index (χ4v) is 3.57. The van der Waals surface area contributed by atoms with E-state index in [1.54, 1.807) is 13.8 Å². The third-order valence-electron chi connectivity index (χ3n) is 3.26. The number of carbonyl (C=O) groups excluding carboxylic acids is 1. The predicted molar refractivity (Wildman–Crippen MR) is 70.8 cm³/mol. The molecule has 1 aromatic rings. The van der Waals surface area contributed by atoms with Gasteiger partial charge in [0.2, 0.25) is 10.0 Å². The number of hydrogen-bond donors (Lipinski definition) is 0. The molecular weight excluding hydrogens is 268 g/mol. The zero-order chi connectivity index (χ0) is 14.2. The van der Waals surface area contributed by atoms with Crippen molar-refractivity contribution in [2.45, 2.75) is 20.3 Å². The maximum absolute atomic E-state index is 11.9. The van der Waals surface area contributed by atoms with Gasteiger partial charge in [-0.3, -0.25) is 4.31 Å². The summed E-state index contributed by atoms with van der Waals surface area (Å²) in [6, 6.07) is 1.48. The van der Waals surface area contributed by atoms with E-state index in [-0.39, 0.29) is 5.75 Å². The van der Waals surface area contributed by atoms with Crippen LogP contribution in [0.25, 0.3) is 0 Å². The normalized spacial score (nSPS) is 17.5. The first kappa shape index (κ1) is 13.8. The summed E-state index contributed by atoms with van der Waals surface area (Å²) in [4.78, 5) is 16.0. The largest absolute Gasteiger partial charge is 0.465 e. The van der Waals surface area contributed by atoms with Crippen LogP contribution in [0.4, 0.5) is 5.82 Å². The quantitative estimate of drug-likeness (QED) is 0.758. The van der Waals surface area contributed by atoms with Gasteiger partial charge < -0.3 is 4.74 Å². The lowest BCUT2D eigenvalue weighted by molar-refractivity contribution is 0.0599. The number of sulfonamides is 1. The highest BCUT2D eigenvalue weighted by molar-refractivity contribution is 7.93. The average molecular weight is 284 g/mol. The zero-order valence-corrected chi connectivity index (χ0v) is 12.0. The lowest BCUT2D eigenvalue weighted by Gasteiger charge is -2.18. The van der Waals surface area contributed by atoms with E-state index >= 15 is 0 Å². The molecule has 0 spiro atoms. The van der Waals surface area contributed by atoms with Gasteiger partial charge in [-0.25, -0.2) is 18.2 Å². The first-order valence-electron chi connectivity index (χ1n) is 5.94. The average Bonchev–Trinajstić information content (AvgIpc) is 2.71. The molecule has 1 aromatic heterocycles. The van der Waals surface area contributed by atoms with Crippen molar-refractivity contribution < 1.29 is 17.9 Å². The Morgan fingerprint density at radius 2 is 2.11 bits per heavy atom. The minimum atomic E-state index is -3.30. The molecule has 0 bridgehead atoms. The van der Waals surface area contributed by atoms with Gasteiger partial charge in [-0.1, -0.05) is 0 Å². The Morgan fingerprint density at radius 1 is 1.42 bits per heavy atom. The summed E-state index contributed by atoms with van der Waals surface area (Å²) in [7, 11) is -2.00. The smallest absolute Gasteiger partial charge is 0.338 e. The van der Waals surface area contributed by atoms with Crippen molar-refractivity contribution in [1.29, 1.82) is 0 Å². The molecule has 7 heteroatoms. The summed E-state index contributed by atoms with van der Waals surface area (Å²) in [6.45, 7) is 3.91. The van der Waals surface area contributed by atoms with E-state index in [1.807, 2.05) is 0 Å². The molecule has 1 aliphatic heterocycles. The first-order valence-corrected chi connectivity index (χ1v) is 7.54. The number of carbonyl (C=O) groups is 1. The Kier molecular flexibility index (Phi) is 3.49. The van der Waals surface area contributed by atoms with Gasteiger partial charge in [-0.15, -0.1) is 0 Å². The summed E-state index contributed by atoms with van der Waals surface area (Å²) < 4.78 is 29.7. The maximum atomic E-state index is 11.9. The van der Waals surface area contributed by atoms with Crippen LogP contribution in [-0.4, -0.2) is 38.8 Å². The van der Waals surface area contributed by atoms with Crippen LogP contribution in [0.3, 0.4) is 0 Å². The lowest BCUT2D eigenvalue weighted by atomic mass is 10.1. The van der Waals surface area contributed by atoms with Crippen molar-refractivity contribution in [1.82, 2.24) is 4.98 Å². The number of hydrogen-bond acceptors (Lipinski definition) is 5. The molecule has 0 amide bonds. The molecule has 2 rings (SSSR count). The Hall–Kier alpha value is -1.63. The minimum absolute atomic E-state index is 0.120. The van der Waals surface area contributed by atoms with E-state index in [2.05, 4.69) is 4.98 Å². The second-order valence-corrected chi connectivity index (χ2v) is 6.48. The molecule has 1 saturated heterocycles. The molecule has 0 aromatic carbocycles. The van der Waals surface area contributed by atoms with Crippen molar-refractivity contribution in [2.75, 3.05) is 23.7 Å². The summed E-state index contributed by atoms with van der Waals surface area (Å²) in [6.07, 6.45) is 0.574. The van der Waals surface area contributed by atoms with Crippen molar-refractivity contribution in [3.8, 4) is 0 Å². The Labute approximate surface area is 112 Å². The van der Waals surface area contributed by atoms with Gasteiger partial charge in [0.1, 0.15) is 5.82 Å². The van der Waals surface area contributed by atoms with E-state index in [9.17, 15) is 13.2 Å². The van der Waals surface area contributed by atoms with Crippen LogP contribution in [-0.2, 0) is 14.8 Å². The Balaban J connectivity index is 2.54. The van der Waals surface area contributed by atoms with E-state index < -0.39 is 16.0 Å². The molecule has 104 valence electrons. The van der Waals surface area contributed by atoms with Crippen LogP contribution in [0.2, 0.25) is 0 Å². The zero-order valence-electron chi connectivity index (χ0n) is 11.1. The highest BCUT2D eigenvalue weighted by atomic mass is 32.2. The first-order chi connectivity index (χ1) is 8.86. The highest BCUT2D eigenvalue weighted by Gasteiger charge is 2.30. The third-order valence-corrected chi connectivity index (χ3v) is 5.11. The predicted octanol–water partition coefficient (Wildman–Crippen LogP) is 1.02. The van der Waals surface area contributed by atoms with Crippen LogP contribution in [0, 0.1) is 13.8 Å². The van der Waals surface area contributed by atoms with E-state index in [4.69, 9.17) is 4.74 Å². The lowest BCUT2D eigenvalue weighted by Crippen LogP contribution is -2.27. The maximum Gasteiger partial charge on any atom is 0.338 e. The van der Waals surface area contributed by atoms with Crippen molar-refractivity contribution >= 4 is 21.8 Å². The molecule has 0 N–H and O–H groups in total. The fraction of sp³-hybridized carbons (Fsp3) is 0.500. The Bertz CT molecular complexity index is 625. The molecule has 1 aliphatic rings. The van der Waals surface area contributed by atoms with Gasteiger partial charge in [0.15, 0.2) is 0 Å². The molecule has 0 unspecified atom stereocenters. The number of ether oxygens (including phenoxy) is 1. The number of rotatable bonds is 2. The van der Waals surface area contributed by atoms with Gasteiger partial charge in [0, 0.05) is 12.2 Å². The second kappa shape index (κ2) is 4.80. The molecule has 6 nitrogen and oxygen atoms in total. The van der Waals surface area contributed by atoms with E-state index in [1.165, 1.54) is 17.5 Å². The van der Waals surface area contributed by atoms with Crippen LogP contribution in [0.1, 0.15) is 28.0 Å². The molecule has 2 heterocycles. The Morgan fingerprint density at radius 3 is 2.63 bits per heavy atom. The van der Waals surface area contributed by atoms with Crippen LogP contribution in [0.5, 0.6) is 0 Å². The number of aryl methyl sites for hydroxylation is 1. The summed E-state index contributed by atoms with van der Waals surface area (Å²) in [5.74, 6) is -0.0725. The summed E-state index contributed by atoms with van der Waals surface area (Å²) in [5.41, 5.74) is 1.68. The van der Waals surface area contributed by atoms with Crippen molar-refractivity contribution in [3.63, 3.8) is 0 Å². The second-order valence-electron chi connectivity index (χ2n) is 4.47. The molecule has 0 saturated carbocycles. The molecule has 0 atom stereocenters. The number of anilines is 1. The van der Waals surface area contributed by atoms with Crippen LogP contribution in [0.15, 0.2) is 6.07 Å². The van der Waals surface area contributed by atoms with Gasteiger partial charge in [-0.05, 0) is 31.9 Å². The number of aromatic nitrogens is 1. The van der Waals surface area contributed by atoms with Gasteiger partial charge in [-0.2, -0.15) is 0 Å². The number of esters is 1. The van der Waals surface area contributed by atoms with E-state index in [0.717, 1.165) is 0 Å². The number of nitrogens with zero attached hydrogens (tertiary/aromatic N) is 2. The standard InChI is InChI=1S/C12H16N2O4S/c1-8-9(2)13-11(7-10(8)12(15)18-3)14-5-4-6-19(14,16)17/h7H,4-6H2,1-3H3. The van der Waals surface area contributed by atoms with Gasteiger partial charge in [0.05, 0.1) is 18.4 Å². The molecule has 1 fully saturated rings. The van der Waals surface area contributed by atoms with E-state index in [0.29, 0.717) is 35.6 Å². The molecule has 0 radical (unpaired) electrons. The SMILES string of the molecule is COC(=O)c1cc(N2CCCS2(=O)=O)nc(C)c1C. The van der Waals surface area contributed by atoms with Crippen molar-refractivity contribution in [3.05, 3.63) is 22.9 Å². The topological polar surface area (TPSA) is 76.6 Å². The number of pyridine rings is 1. The summed E-state index contributed by atoms with van der Waals surface area (Å²) >= 11 is 0.